The second-order valence-electron chi connectivity index (χ2n) is 5.77. The number of nitrogens with two attached hydrogens (primary N) is 1. The van der Waals surface area contributed by atoms with Gasteiger partial charge in [-0.1, -0.05) is 20.3 Å². The Bertz CT molecular complexity index is 204. The van der Waals surface area contributed by atoms with Gasteiger partial charge in [0.05, 0.1) is 0 Å². The predicted molar refractivity (Wildman–Crippen MR) is 79.8 cm³/mol. The van der Waals surface area contributed by atoms with Gasteiger partial charge < -0.3 is 16.0 Å². The number of hydrogen-bond donors (Lipinski definition) is 2. The van der Waals surface area contributed by atoms with E-state index < -0.39 is 0 Å². The van der Waals surface area contributed by atoms with Crippen molar-refractivity contribution in [3.05, 3.63) is 0 Å². The highest BCUT2D eigenvalue weighted by Crippen LogP contribution is 2.25. The second-order valence-corrected chi connectivity index (χ2v) is 5.77. The minimum atomic E-state index is 0.637. The Balaban J connectivity index is 2.15. The average molecular weight is 255 g/mol. The Hall–Kier alpha value is -0.120. The molecule has 18 heavy (non-hydrogen) atoms. The summed E-state index contributed by atoms with van der Waals surface area (Å²) in [6, 6.07) is 1.32. The van der Waals surface area contributed by atoms with Crippen LogP contribution in [0.1, 0.15) is 52.9 Å². The van der Waals surface area contributed by atoms with Crippen molar-refractivity contribution in [3.8, 4) is 0 Å². The van der Waals surface area contributed by atoms with Crippen LogP contribution in [0.2, 0.25) is 0 Å². The van der Waals surface area contributed by atoms with Gasteiger partial charge in [-0.15, -0.1) is 0 Å². The van der Waals surface area contributed by atoms with Crippen LogP contribution in [0.5, 0.6) is 0 Å². The standard InChI is InChI=1S/C15H33N3/c1-4-18(5-2)11-7-8-13(3)17-15-10-6-9-14(15)12-16/h13-15,17H,4-12,16H2,1-3H3. The largest absolute Gasteiger partial charge is 0.330 e. The summed E-state index contributed by atoms with van der Waals surface area (Å²) in [5.41, 5.74) is 5.83. The first-order chi connectivity index (χ1) is 8.71. The SMILES string of the molecule is CCN(CC)CCCC(C)NC1CCCC1CN. The van der Waals surface area contributed by atoms with Crippen molar-refractivity contribution in [3.63, 3.8) is 0 Å². The molecule has 0 bridgehead atoms. The molecule has 3 heteroatoms. The first-order valence-corrected chi connectivity index (χ1v) is 7.89. The van der Waals surface area contributed by atoms with Crippen molar-refractivity contribution in [1.82, 2.24) is 10.2 Å². The molecule has 1 aliphatic rings. The molecule has 1 aliphatic carbocycles. The molecule has 3 N–H and O–H groups in total. The quantitative estimate of drug-likeness (QED) is 0.664. The lowest BCUT2D eigenvalue weighted by atomic mass is 10.0. The fourth-order valence-corrected chi connectivity index (χ4v) is 3.15. The monoisotopic (exact) mass is 255 g/mol. The van der Waals surface area contributed by atoms with Crippen molar-refractivity contribution >= 4 is 0 Å². The lowest BCUT2D eigenvalue weighted by Gasteiger charge is -2.25. The van der Waals surface area contributed by atoms with E-state index in [4.69, 9.17) is 5.73 Å². The Kier molecular flexibility index (Phi) is 7.87. The van der Waals surface area contributed by atoms with Gasteiger partial charge in [0, 0.05) is 12.1 Å². The first kappa shape index (κ1) is 15.9. The normalized spacial score (nSPS) is 25.8. The molecular formula is C15H33N3. The molecule has 0 aliphatic heterocycles. The molecule has 108 valence electrons. The average Bonchev–Trinajstić information content (AvgIpc) is 2.82. The van der Waals surface area contributed by atoms with Crippen LogP contribution < -0.4 is 11.1 Å². The van der Waals surface area contributed by atoms with Gasteiger partial charge in [-0.3, -0.25) is 0 Å². The van der Waals surface area contributed by atoms with E-state index in [0.717, 1.165) is 12.5 Å². The molecule has 3 atom stereocenters. The summed E-state index contributed by atoms with van der Waals surface area (Å²) in [5.74, 6) is 0.718. The molecule has 0 aromatic heterocycles. The summed E-state index contributed by atoms with van der Waals surface area (Å²) in [7, 11) is 0. The minimum Gasteiger partial charge on any atom is -0.330 e. The Morgan fingerprint density at radius 3 is 2.61 bits per heavy atom. The van der Waals surface area contributed by atoms with Gasteiger partial charge in [-0.05, 0) is 64.7 Å². The van der Waals surface area contributed by atoms with Crippen LogP contribution in [-0.4, -0.2) is 43.2 Å². The zero-order chi connectivity index (χ0) is 13.4. The molecule has 0 spiro atoms. The van der Waals surface area contributed by atoms with Crippen LogP contribution in [0, 0.1) is 5.92 Å². The van der Waals surface area contributed by atoms with Gasteiger partial charge in [-0.25, -0.2) is 0 Å². The number of rotatable bonds is 9. The molecule has 0 aromatic rings. The van der Waals surface area contributed by atoms with Crippen LogP contribution in [0.15, 0.2) is 0 Å². The zero-order valence-electron chi connectivity index (χ0n) is 12.6. The van der Waals surface area contributed by atoms with E-state index in [1.807, 2.05) is 0 Å². The number of hydrogen-bond acceptors (Lipinski definition) is 3. The Morgan fingerprint density at radius 2 is 2.00 bits per heavy atom. The van der Waals surface area contributed by atoms with Crippen molar-refractivity contribution in [2.45, 2.75) is 65.0 Å². The van der Waals surface area contributed by atoms with Crippen LogP contribution in [0.25, 0.3) is 0 Å². The van der Waals surface area contributed by atoms with E-state index >= 15 is 0 Å². The smallest absolute Gasteiger partial charge is 0.0110 e. The first-order valence-electron chi connectivity index (χ1n) is 7.89. The van der Waals surface area contributed by atoms with Crippen molar-refractivity contribution < 1.29 is 0 Å². The third kappa shape index (κ3) is 5.25. The summed E-state index contributed by atoms with van der Waals surface area (Å²) in [5, 5.41) is 3.79. The van der Waals surface area contributed by atoms with Crippen LogP contribution in [0.3, 0.4) is 0 Å². The fourth-order valence-electron chi connectivity index (χ4n) is 3.15. The third-order valence-electron chi connectivity index (χ3n) is 4.47. The van der Waals surface area contributed by atoms with Crippen LogP contribution >= 0.6 is 0 Å². The third-order valence-corrected chi connectivity index (χ3v) is 4.47. The molecule has 3 nitrogen and oxygen atoms in total. The van der Waals surface area contributed by atoms with E-state index in [1.165, 1.54) is 51.7 Å². The van der Waals surface area contributed by atoms with Gasteiger partial charge in [0.15, 0.2) is 0 Å². The number of nitrogens with zero attached hydrogens (tertiary/aromatic N) is 1. The predicted octanol–water partition coefficient (Wildman–Crippen LogP) is 2.21. The molecule has 1 fully saturated rings. The molecule has 0 heterocycles. The van der Waals surface area contributed by atoms with Crippen molar-refractivity contribution in [1.29, 1.82) is 0 Å². The van der Waals surface area contributed by atoms with Gasteiger partial charge in [0.2, 0.25) is 0 Å². The molecular weight excluding hydrogens is 222 g/mol. The second kappa shape index (κ2) is 8.89. The topological polar surface area (TPSA) is 41.3 Å². The molecule has 0 amide bonds. The molecule has 0 aromatic carbocycles. The highest BCUT2D eigenvalue weighted by Gasteiger charge is 2.26. The van der Waals surface area contributed by atoms with Crippen LogP contribution in [-0.2, 0) is 0 Å². The maximum atomic E-state index is 5.83. The fraction of sp³-hybridized carbons (Fsp3) is 1.00. The molecule has 0 saturated heterocycles. The number of nitrogens with one attached hydrogen (secondary N) is 1. The summed E-state index contributed by atoms with van der Waals surface area (Å²) in [6.45, 7) is 11.3. The lowest BCUT2D eigenvalue weighted by molar-refractivity contribution is 0.283. The van der Waals surface area contributed by atoms with E-state index in [0.29, 0.717) is 12.1 Å². The lowest BCUT2D eigenvalue weighted by Crippen LogP contribution is -2.41. The summed E-state index contributed by atoms with van der Waals surface area (Å²) in [6.07, 6.45) is 6.58. The zero-order valence-corrected chi connectivity index (χ0v) is 12.6. The van der Waals surface area contributed by atoms with E-state index in [2.05, 4.69) is 31.0 Å². The highest BCUT2D eigenvalue weighted by atomic mass is 15.1. The van der Waals surface area contributed by atoms with E-state index in [1.54, 1.807) is 0 Å². The van der Waals surface area contributed by atoms with Crippen molar-refractivity contribution in [2.75, 3.05) is 26.2 Å². The van der Waals surface area contributed by atoms with Gasteiger partial charge in [0.1, 0.15) is 0 Å². The van der Waals surface area contributed by atoms with Crippen molar-refractivity contribution in [2.24, 2.45) is 11.7 Å². The summed E-state index contributed by atoms with van der Waals surface area (Å²) in [4.78, 5) is 2.50. The van der Waals surface area contributed by atoms with Crippen LogP contribution in [0.4, 0.5) is 0 Å². The maximum absolute atomic E-state index is 5.83. The maximum Gasteiger partial charge on any atom is 0.0110 e. The highest BCUT2D eigenvalue weighted by molar-refractivity contribution is 4.85. The molecule has 3 unspecified atom stereocenters. The minimum absolute atomic E-state index is 0.637. The van der Waals surface area contributed by atoms with Gasteiger partial charge >= 0.3 is 0 Å². The van der Waals surface area contributed by atoms with Gasteiger partial charge in [0.25, 0.3) is 0 Å². The Morgan fingerprint density at radius 1 is 1.28 bits per heavy atom. The van der Waals surface area contributed by atoms with E-state index in [-0.39, 0.29) is 0 Å². The summed E-state index contributed by atoms with van der Waals surface area (Å²) < 4.78 is 0. The van der Waals surface area contributed by atoms with Gasteiger partial charge in [-0.2, -0.15) is 0 Å². The molecule has 1 rings (SSSR count). The molecule has 1 saturated carbocycles. The Labute approximate surface area is 113 Å². The van der Waals surface area contributed by atoms with E-state index in [9.17, 15) is 0 Å². The summed E-state index contributed by atoms with van der Waals surface area (Å²) >= 11 is 0. The molecule has 0 radical (unpaired) electrons.